The molecule has 1 fully saturated rings. The summed E-state index contributed by atoms with van der Waals surface area (Å²) in [5.41, 5.74) is 0.965. The maximum Gasteiger partial charge on any atom is 0.328 e. The second kappa shape index (κ2) is 10.7. The first-order valence-corrected chi connectivity index (χ1v) is 11.8. The number of amides is 2. The fourth-order valence-electron chi connectivity index (χ4n) is 4.41. The number of carbonyl (C=O) groups excluding carboxylic acids is 4. The van der Waals surface area contributed by atoms with Crippen molar-refractivity contribution in [3.05, 3.63) is 57.8 Å². The number of esters is 1. The van der Waals surface area contributed by atoms with Crippen molar-refractivity contribution in [2.75, 3.05) is 12.4 Å². The summed E-state index contributed by atoms with van der Waals surface area (Å²) in [5.74, 6) is -1.77. The third-order valence-corrected chi connectivity index (χ3v) is 7.09. The van der Waals surface area contributed by atoms with E-state index >= 15 is 0 Å². The summed E-state index contributed by atoms with van der Waals surface area (Å²) in [7, 11) is 1.26. The molecule has 3 rings (SSSR count). The summed E-state index contributed by atoms with van der Waals surface area (Å²) in [5, 5.41) is 5.68. The first-order chi connectivity index (χ1) is 16.4. The lowest BCUT2D eigenvalue weighted by Crippen LogP contribution is -2.57. The Morgan fingerprint density at radius 2 is 1.74 bits per heavy atom. The molecule has 1 aliphatic carbocycles. The molecule has 186 valence electrons. The highest BCUT2D eigenvalue weighted by molar-refractivity contribution is 6.35. The van der Waals surface area contributed by atoms with Crippen molar-refractivity contribution in [2.45, 2.75) is 39.7 Å². The number of halogens is 2. The van der Waals surface area contributed by atoms with Gasteiger partial charge in [-0.25, -0.2) is 9.78 Å². The Labute approximate surface area is 213 Å². The highest BCUT2D eigenvalue weighted by Gasteiger charge is 2.53. The van der Waals surface area contributed by atoms with Gasteiger partial charge in [0.05, 0.1) is 12.7 Å². The van der Waals surface area contributed by atoms with Gasteiger partial charge in [0.2, 0.25) is 5.91 Å². The van der Waals surface area contributed by atoms with Crippen molar-refractivity contribution in [3.8, 4) is 0 Å². The van der Waals surface area contributed by atoms with Gasteiger partial charge in [0.1, 0.15) is 22.1 Å². The van der Waals surface area contributed by atoms with Gasteiger partial charge < -0.3 is 15.4 Å². The van der Waals surface area contributed by atoms with E-state index in [9.17, 15) is 19.2 Å². The van der Waals surface area contributed by atoms with Gasteiger partial charge >= 0.3 is 5.97 Å². The predicted molar refractivity (Wildman–Crippen MR) is 132 cm³/mol. The Bertz CT molecular complexity index is 1150. The van der Waals surface area contributed by atoms with Crippen molar-refractivity contribution >= 4 is 52.5 Å². The Morgan fingerprint density at radius 1 is 1.09 bits per heavy atom. The molecule has 1 aromatic heterocycles. The lowest BCUT2D eigenvalue weighted by Gasteiger charge is -2.50. The molecule has 10 heteroatoms. The number of ether oxygens (including phenoxy) is 1. The van der Waals surface area contributed by atoms with Crippen LogP contribution in [0.15, 0.2) is 36.4 Å². The van der Waals surface area contributed by atoms with E-state index in [4.69, 9.17) is 27.9 Å². The molecule has 1 saturated carbocycles. The van der Waals surface area contributed by atoms with Crippen molar-refractivity contribution in [1.29, 1.82) is 0 Å². The van der Waals surface area contributed by atoms with Crippen LogP contribution in [0.25, 0.3) is 0 Å². The second-order valence-electron chi connectivity index (χ2n) is 9.18. The van der Waals surface area contributed by atoms with Crippen LogP contribution in [0.3, 0.4) is 0 Å². The summed E-state index contributed by atoms with van der Waals surface area (Å²) in [6.45, 7) is 5.31. The number of nitrogens with zero attached hydrogens (tertiary/aromatic N) is 1. The highest BCUT2D eigenvalue weighted by atomic mass is 35.5. The summed E-state index contributed by atoms with van der Waals surface area (Å²) >= 11 is 11.8. The highest BCUT2D eigenvalue weighted by Crippen LogP contribution is 2.51. The molecule has 2 amide bonds. The van der Waals surface area contributed by atoms with Gasteiger partial charge in [-0.2, -0.15) is 0 Å². The minimum absolute atomic E-state index is 0.00690. The maximum atomic E-state index is 12.9. The molecule has 1 aliphatic rings. The number of anilines is 1. The minimum Gasteiger partial charge on any atom is -0.467 e. The third-order valence-electron chi connectivity index (χ3n) is 6.59. The van der Waals surface area contributed by atoms with E-state index in [1.807, 2.05) is 13.8 Å². The Balaban J connectivity index is 1.65. The number of aromatic nitrogens is 1. The SMILES string of the molecule is COC(=O)[C@H](Cc1ccc(NC(=O)c2ccc(Cl)nc2Cl)cc1)NC(=O)[C@H]1C[C@@H](C(C)=O)C1(C)C. The molecule has 8 nitrogen and oxygen atoms in total. The fourth-order valence-corrected chi connectivity index (χ4v) is 4.84. The van der Waals surface area contributed by atoms with E-state index in [1.54, 1.807) is 24.3 Å². The zero-order valence-corrected chi connectivity index (χ0v) is 21.4. The minimum atomic E-state index is -0.890. The summed E-state index contributed by atoms with van der Waals surface area (Å²) in [6, 6.07) is 8.88. The maximum absolute atomic E-state index is 12.9. The second-order valence-corrected chi connectivity index (χ2v) is 9.93. The van der Waals surface area contributed by atoms with Crippen LogP contribution in [-0.2, 0) is 25.5 Å². The summed E-state index contributed by atoms with van der Waals surface area (Å²) < 4.78 is 4.88. The van der Waals surface area contributed by atoms with E-state index in [0.29, 0.717) is 12.1 Å². The zero-order valence-electron chi connectivity index (χ0n) is 19.9. The lowest BCUT2D eigenvalue weighted by molar-refractivity contribution is -0.153. The van der Waals surface area contributed by atoms with Crippen LogP contribution in [-0.4, -0.2) is 41.7 Å². The van der Waals surface area contributed by atoms with Crippen LogP contribution in [0.4, 0.5) is 5.69 Å². The number of nitrogens with one attached hydrogen (secondary N) is 2. The van der Waals surface area contributed by atoms with Gasteiger partial charge in [0.25, 0.3) is 5.91 Å². The molecular weight excluding hydrogens is 493 g/mol. The summed E-state index contributed by atoms with van der Waals surface area (Å²) in [6.07, 6.45) is 0.659. The number of Topliss-reactive ketones (excluding diaryl/α,β-unsaturated/α-hetero) is 1. The molecule has 0 radical (unpaired) electrons. The number of ketones is 1. The number of hydrogen-bond acceptors (Lipinski definition) is 6. The van der Waals surface area contributed by atoms with E-state index in [1.165, 1.54) is 26.2 Å². The quantitative estimate of drug-likeness (QED) is 0.400. The van der Waals surface area contributed by atoms with Crippen molar-refractivity contribution in [2.24, 2.45) is 17.3 Å². The Hall–Kier alpha value is -2.97. The summed E-state index contributed by atoms with van der Waals surface area (Å²) in [4.78, 5) is 53.4. The zero-order chi connectivity index (χ0) is 25.9. The molecule has 1 heterocycles. The number of benzene rings is 1. The average molecular weight is 520 g/mol. The molecule has 0 spiro atoms. The van der Waals surface area contributed by atoms with Crippen LogP contribution in [0.2, 0.25) is 10.3 Å². The molecule has 0 saturated heterocycles. The van der Waals surface area contributed by atoms with Gasteiger partial charge in [-0.15, -0.1) is 0 Å². The number of rotatable bonds is 8. The lowest BCUT2D eigenvalue weighted by atomic mass is 9.53. The Kier molecular flexibility index (Phi) is 8.18. The molecule has 3 atom stereocenters. The van der Waals surface area contributed by atoms with Crippen LogP contribution < -0.4 is 10.6 Å². The van der Waals surface area contributed by atoms with Gasteiger partial charge in [0.15, 0.2) is 0 Å². The van der Waals surface area contributed by atoms with Gasteiger partial charge in [0, 0.05) is 23.9 Å². The normalized spacial score (nSPS) is 19.1. The molecule has 1 aromatic carbocycles. The molecule has 2 aromatic rings. The van der Waals surface area contributed by atoms with Crippen LogP contribution in [0, 0.1) is 17.3 Å². The molecule has 0 bridgehead atoms. The van der Waals surface area contributed by atoms with Crippen molar-refractivity contribution in [1.82, 2.24) is 10.3 Å². The predicted octanol–water partition coefficient (Wildman–Crippen LogP) is 4.09. The van der Waals surface area contributed by atoms with Crippen LogP contribution in [0.5, 0.6) is 0 Å². The van der Waals surface area contributed by atoms with E-state index in [2.05, 4.69) is 15.6 Å². The van der Waals surface area contributed by atoms with Crippen LogP contribution >= 0.6 is 23.2 Å². The van der Waals surface area contributed by atoms with Crippen LogP contribution in [0.1, 0.15) is 43.1 Å². The first kappa shape index (κ1) is 26.6. The largest absolute Gasteiger partial charge is 0.467 e. The first-order valence-electron chi connectivity index (χ1n) is 11.0. The molecule has 35 heavy (non-hydrogen) atoms. The smallest absolute Gasteiger partial charge is 0.328 e. The monoisotopic (exact) mass is 519 g/mol. The topological polar surface area (TPSA) is 114 Å². The number of hydrogen-bond donors (Lipinski definition) is 2. The van der Waals surface area contributed by atoms with Gasteiger partial charge in [-0.1, -0.05) is 49.2 Å². The van der Waals surface area contributed by atoms with Crippen molar-refractivity contribution in [3.63, 3.8) is 0 Å². The fraction of sp³-hybridized carbons (Fsp3) is 0.400. The van der Waals surface area contributed by atoms with Gasteiger partial charge in [-0.3, -0.25) is 14.4 Å². The van der Waals surface area contributed by atoms with Crippen molar-refractivity contribution < 1.29 is 23.9 Å². The van der Waals surface area contributed by atoms with E-state index in [0.717, 1.165) is 5.56 Å². The number of carbonyl (C=O) groups is 4. The number of pyridine rings is 1. The average Bonchev–Trinajstić information content (AvgIpc) is 2.78. The molecule has 0 aliphatic heterocycles. The number of methoxy groups -OCH3 is 1. The van der Waals surface area contributed by atoms with Gasteiger partial charge in [-0.05, 0) is 48.6 Å². The molecular formula is C25H27Cl2N3O5. The van der Waals surface area contributed by atoms with E-state index < -0.39 is 23.3 Å². The third kappa shape index (κ3) is 6.00. The molecule has 2 N–H and O–H groups in total. The standard InChI is InChI=1S/C25H27Cl2N3O5/c1-13(31)17-12-18(25(17,2)3)23(33)29-19(24(34)35-4)11-14-5-7-15(8-6-14)28-22(32)16-9-10-20(26)30-21(16)27/h5-10,17-19H,11-12H2,1-4H3,(H,28,32)(H,29,33)/t17-,18+,19-/m0/s1. The van der Waals surface area contributed by atoms with E-state index in [-0.39, 0.29) is 45.8 Å². The molecule has 0 unspecified atom stereocenters. The Morgan fingerprint density at radius 3 is 2.29 bits per heavy atom.